The zero-order chi connectivity index (χ0) is 14.9. The van der Waals surface area contributed by atoms with Gasteiger partial charge in [0, 0.05) is 18.0 Å². The first-order valence-electron chi connectivity index (χ1n) is 7.02. The van der Waals surface area contributed by atoms with Gasteiger partial charge in [0.05, 0.1) is 11.1 Å². The molecular formula is C16H16N2O3. The molecule has 0 amide bonds. The fourth-order valence-corrected chi connectivity index (χ4v) is 2.86. The molecule has 0 aromatic carbocycles. The van der Waals surface area contributed by atoms with E-state index in [-0.39, 0.29) is 6.61 Å². The Labute approximate surface area is 122 Å². The molecule has 5 heteroatoms. The van der Waals surface area contributed by atoms with E-state index in [2.05, 4.69) is 6.07 Å². The Hall–Kier alpha value is -2.32. The van der Waals surface area contributed by atoms with Gasteiger partial charge in [-0.2, -0.15) is 5.26 Å². The van der Waals surface area contributed by atoms with Crippen molar-refractivity contribution in [1.29, 1.82) is 5.26 Å². The van der Waals surface area contributed by atoms with Crippen LogP contribution < -0.4 is 0 Å². The zero-order valence-corrected chi connectivity index (χ0v) is 11.6. The Morgan fingerprint density at radius 3 is 2.90 bits per heavy atom. The monoisotopic (exact) mass is 284 g/mol. The third-order valence-corrected chi connectivity index (χ3v) is 4.04. The molecule has 1 fully saturated rings. The number of esters is 1. The van der Waals surface area contributed by atoms with Crippen LogP contribution in [0.1, 0.15) is 36.8 Å². The van der Waals surface area contributed by atoms with E-state index in [0.29, 0.717) is 24.0 Å². The molecule has 0 aliphatic heterocycles. The number of aromatic nitrogens is 1. The number of carbonyl (C=O) groups excluding carboxylic acids is 1. The van der Waals surface area contributed by atoms with Crippen LogP contribution >= 0.6 is 0 Å². The van der Waals surface area contributed by atoms with Crippen molar-refractivity contribution in [3.63, 3.8) is 0 Å². The zero-order valence-electron chi connectivity index (χ0n) is 11.6. The molecule has 1 N–H and O–H groups in total. The van der Waals surface area contributed by atoms with Crippen molar-refractivity contribution >= 4 is 11.5 Å². The van der Waals surface area contributed by atoms with Crippen LogP contribution in [0.2, 0.25) is 0 Å². The van der Waals surface area contributed by atoms with Crippen molar-refractivity contribution in [2.45, 2.75) is 37.9 Å². The Morgan fingerprint density at radius 1 is 1.43 bits per heavy atom. The molecule has 5 nitrogen and oxygen atoms in total. The lowest BCUT2D eigenvalue weighted by molar-refractivity contribution is -0.166. The SMILES string of the molecule is N#Cc1c(COC(=O)C2(O)CCCC2)cn2ccccc12. The van der Waals surface area contributed by atoms with Gasteiger partial charge in [-0.25, -0.2) is 4.79 Å². The summed E-state index contributed by atoms with van der Waals surface area (Å²) >= 11 is 0. The van der Waals surface area contributed by atoms with E-state index in [0.717, 1.165) is 18.4 Å². The lowest BCUT2D eigenvalue weighted by Crippen LogP contribution is -2.36. The predicted octanol–water partition coefficient (Wildman–Crippen LogP) is 2.16. The Morgan fingerprint density at radius 2 is 2.19 bits per heavy atom. The second kappa shape index (κ2) is 5.23. The topological polar surface area (TPSA) is 74.7 Å². The molecule has 3 rings (SSSR count). The summed E-state index contributed by atoms with van der Waals surface area (Å²) in [7, 11) is 0. The Bertz CT molecular complexity index is 721. The summed E-state index contributed by atoms with van der Waals surface area (Å²) in [6.45, 7) is 0.00567. The van der Waals surface area contributed by atoms with Crippen molar-refractivity contribution in [2.75, 3.05) is 0 Å². The molecule has 1 aliphatic rings. The predicted molar refractivity (Wildman–Crippen MR) is 75.3 cm³/mol. The molecule has 0 radical (unpaired) electrons. The summed E-state index contributed by atoms with van der Waals surface area (Å²) < 4.78 is 7.06. The van der Waals surface area contributed by atoms with Gasteiger partial charge in [-0.3, -0.25) is 0 Å². The van der Waals surface area contributed by atoms with Crippen LogP contribution in [-0.2, 0) is 16.1 Å². The van der Waals surface area contributed by atoms with Crippen LogP contribution in [0, 0.1) is 11.3 Å². The number of nitriles is 1. The summed E-state index contributed by atoms with van der Waals surface area (Å²) in [4.78, 5) is 12.0. The van der Waals surface area contributed by atoms with Crippen LogP contribution in [0.25, 0.3) is 5.52 Å². The second-order valence-electron chi connectivity index (χ2n) is 5.45. The van der Waals surface area contributed by atoms with Crippen LogP contribution in [0.5, 0.6) is 0 Å². The second-order valence-corrected chi connectivity index (χ2v) is 5.45. The molecule has 0 bridgehead atoms. The maximum absolute atomic E-state index is 12.0. The van der Waals surface area contributed by atoms with Gasteiger partial charge in [-0.1, -0.05) is 6.07 Å². The number of aliphatic hydroxyl groups is 1. The molecule has 0 atom stereocenters. The molecule has 108 valence electrons. The highest BCUT2D eigenvalue weighted by Crippen LogP contribution is 2.31. The minimum Gasteiger partial charge on any atom is -0.459 e. The van der Waals surface area contributed by atoms with Gasteiger partial charge < -0.3 is 14.2 Å². The standard InChI is InChI=1S/C16H16N2O3/c17-9-13-12(10-18-8-4-1-5-14(13)18)11-21-15(19)16(20)6-2-3-7-16/h1,4-5,8,10,20H,2-3,6-7,11H2. The van der Waals surface area contributed by atoms with Crippen molar-refractivity contribution < 1.29 is 14.6 Å². The highest BCUT2D eigenvalue weighted by molar-refractivity contribution is 5.79. The van der Waals surface area contributed by atoms with E-state index in [4.69, 9.17) is 4.74 Å². The number of hydrogen-bond donors (Lipinski definition) is 1. The third-order valence-electron chi connectivity index (χ3n) is 4.04. The molecule has 0 spiro atoms. The number of fused-ring (bicyclic) bond motifs is 1. The van der Waals surface area contributed by atoms with Gasteiger partial charge in [0.2, 0.25) is 0 Å². The summed E-state index contributed by atoms with van der Waals surface area (Å²) in [5, 5.41) is 19.4. The van der Waals surface area contributed by atoms with Gasteiger partial charge >= 0.3 is 5.97 Å². The van der Waals surface area contributed by atoms with Crippen molar-refractivity contribution in [1.82, 2.24) is 4.40 Å². The highest BCUT2D eigenvalue weighted by atomic mass is 16.5. The quantitative estimate of drug-likeness (QED) is 0.876. The third kappa shape index (κ3) is 2.39. The summed E-state index contributed by atoms with van der Waals surface area (Å²) in [5.74, 6) is -0.584. The van der Waals surface area contributed by atoms with Crippen LogP contribution in [0.4, 0.5) is 0 Å². The maximum atomic E-state index is 12.0. The molecular weight excluding hydrogens is 268 g/mol. The van der Waals surface area contributed by atoms with Gasteiger partial charge in [-0.05, 0) is 37.8 Å². The Kier molecular flexibility index (Phi) is 3.40. The smallest absolute Gasteiger partial charge is 0.338 e. The number of carbonyl (C=O) groups is 1. The summed E-state index contributed by atoms with van der Waals surface area (Å²) in [5.41, 5.74) is 0.595. The van der Waals surface area contributed by atoms with E-state index in [1.165, 1.54) is 0 Å². The van der Waals surface area contributed by atoms with E-state index in [1.54, 1.807) is 6.20 Å². The van der Waals surface area contributed by atoms with Crippen LogP contribution in [0.3, 0.4) is 0 Å². The van der Waals surface area contributed by atoms with E-state index < -0.39 is 11.6 Å². The molecule has 0 unspecified atom stereocenters. The van der Waals surface area contributed by atoms with E-state index in [9.17, 15) is 15.2 Å². The van der Waals surface area contributed by atoms with Gasteiger partial charge in [0.25, 0.3) is 0 Å². The van der Waals surface area contributed by atoms with E-state index in [1.807, 2.05) is 28.8 Å². The van der Waals surface area contributed by atoms with Crippen LogP contribution in [-0.4, -0.2) is 21.1 Å². The fourth-order valence-electron chi connectivity index (χ4n) is 2.86. The van der Waals surface area contributed by atoms with Gasteiger partial charge in [0.15, 0.2) is 5.60 Å². The number of hydrogen-bond acceptors (Lipinski definition) is 4. The minimum absolute atomic E-state index is 0.00567. The summed E-state index contributed by atoms with van der Waals surface area (Å²) in [6, 6.07) is 7.71. The first kappa shape index (κ1) is 13.7. The van der Waals surface area contributed by atoms with Crippen LogP contribution in [0.15, 0.2) is 30.6 Å². The van der Waals surface area contributed by atoms with Crippen molar-refractivity contribution in [2.24, 2.45) is 0 Å². The molecule has 2 aromatic rings. The van der Waals surface area contributed by atoms with Gasteiger partial charge in [-0.15, -0.1) is 0 Å². The average Bonchev–Trinajstić information content (AvgIpc) is 3.08. The minimum atomic E-state index is -1.34. The number of ether oxygens (including phenoxy) is 1. The normalized spacial score (nSPS) is 16.8. The molecule has 2 heterocycles. The summed E-state index contributed by atoms with van der Waals surface area (Å²) in [6.07, 6.45) is 6.20. The number of rotatable bonds is 3. The number of pyridine rings is 1. The number of nitrogens with zero attached hydrogens (tertiary/aromatic N) is 2. The average molecular weight is 284 g/mol. The van der Waals surface area contributed by atoms with E-state index >= 15 is 0 Å². The van der Waals surface area contributed by atoms with Crippen molar-refractivity contribution in [3.05, 3.63) is 41.7 Å². The molecule has 1 aliphatic carbocycles. The highest BCUT2D eigenvalue weighted by Gasteiger charge is 2.40. The largest absolute Gasteiger partial charge is 0.459 e. The first-order chi connectivity index (χ1) is 10.1. The molecule has 1 saturated carbocycles. The molecule has 0 saturated heterocycles. The molecule has 21 heavy (non-hydrogen) atoms. The molecule has 2 aromatic heterocycles. The van der Waals surface area contributed by atoms with Gasteiger partial charge in [0.1, 0.15) is 12.7 Å². The first-order valence-corrected chi connectivity index (χ1v) is 7.02. The fraction of sp³-hybridized carbons (Fsp3) is 0.375. The lowest BCUT2D eigenvalue weighted by atomic mass is 10.0. The lowest BCUT2D eigenvalue weighted by Gasteiger charge is -2.19. The van der Waals surface area contributed by atoms with Crippen molar-refractivity contribution in [3.8, 4) is 6.07 Å². The Balaban J connectivity index is 1.79. The maximum Gasteiger partial charge on any atom is 0.338 e.